The van der Waals surface area contributed by atoms with Crippen molar-refractivity contribution >= 4 is 5.91 Å². The Labute approximate surface area is 110 Å². The quantitative estimate of drug-likeness (QED) is 0.753. The third kappa shape index (κ3) is 4.13. The molecule has 2 aliphatic rings. The van der Waals surface area contributed by atoms with E-state index < -0.39 is 0 Å². The smallest absolute Gasteiger partial charge is 0.237 e. The second-order valence-electron chi connectivity index (χ2n) is 5.71. The lowest BCUT2D eigenvalue weighted by atomic mass is 9.95. The summed E-state index contributed by atoms with van der Waals surface area (Å²) in [5.74, 6) is 0.177. The number of rotatable bonds is 4. The molecule has 18 heavy (non-hydrogen) atoms. The molecule has 2 unspecified atom stereocenters. The van der Waals surface area contributed by atoms with Crippen LogP contribution in [0.15, 0.2) is 12.2 Å². The lowest BCUT2D eigenvalue weighted by Crippen LogP contribution is -2.49. The first-order valence-corrected chi connectivity index (χ1v) is 7.47. The van der Waals surface area contributed by atoms with Crippen LogP contribution in [0.1, 0.15) is 58.3 Å². The fraction of sp³-hybridized carbons (Fsp3) is 0.800. The summed E-state index contributed by atoms with van der Waals surface area (Å²) in [6.45, 7) is 1.98. The van der Waals surface area contributed by atoms with Crippen LogP contribution in [-0.2, 0) is 4.79 Å². The molecule has 0 aromatic heterocycles. The lowest BCUT2D eigenvalue weighted by molar-refractivity contribution is -0.123. The summed E-state index contributed by atoms with van der Waals surface area (Å²) < 4.78 is 0. The highest BCUT2D eigenvalue weighted by Crippen LogP contribution is 2.17. The van der Waals surface area contributed by atoms with Crippen LogP contribution in [0.5, 0.6) is 0 Å². The van der Waals surface area contributed by atoms with Crippen molar-refractivity contribution in [3.05, 3.63) is 12.2 Å². The van der Waals surface area contributed by atoms with Crippen molar-refractivity contribution in [3.8, 4) is 0 Å². The Bertz CT molecular complexity index is 295. The van der Waals surface area contributed by atoms with Gasteiger partial charge in [-0.25, -0.2) is 0 Å². The molecule has 2 aliphatic carbocycles. The third-order valence-corrected chi connectivity index (χ3v) is 4.10. The third-order valence-electron chi connectivity index (χ3n) is 4.10. The molecule has 2 atom stereocenters. The number of amides is 1. The van der Waals surface area contributed by atoms with E-state index >= 15 is 0 Å². The van der Waals surface area contributed by atoms with Crippen molar-refractivity contribution in [2.24, 2.45) is 0 Å². The molecule has 0 heterocycles. The SMILES string of the molecule is CC(NC1CC=CCC1)C(=O)NC1CCCCC1. The second kappa shape index (κ2) is 6.93. The molecule has 0 aromatic rings. The molecule has 0 saturated heterocycles. The minimum atomic E-state index is -0.0663. The summed E-state index contributed by atoms with van der Waals surface area (Å²) in [5.41, 5.74) is 0. The second-order valence-corrected chi connectivity index (χ2v) is 5.71. The van der Waals surface area contributed by atoms with E-state index in [1.54, 1.807) is 0 Å². The monoisotopic (exact) mass is 250 g/mol. The van der Waals surface area contributed by atoms with Gasteiger partial charge in [-0.1, -0.05) is 31.4 Å². The Kier molecular flexibility index (Phi) is 5.24. The molecule has 1 amide bonds. The van der Waals surface area contributed by atoms with E-state index in [0.717, 1.165) is 32.1 Å². The molecule has 1 fully saturated rings. The highest BCUT2D eigenvalue weighted by Gasteiger charge is 2.21. The zero-order valence-electron chi connectivity index (χ0n) is 11.5. The topological polar surface area (TPSA) is 41.1 Å². The maximum Gasteiger partial charge on any atom is 0.237 e. The van der Waals surface area contributed by atoms with Crippen molar-refractivity contribution in [1.82, 2.24) is 10.6 Å². The molecule has 1 saturated carbocycles. The van der Waals surface area contributed by atoms with E-state index in [9.17, 15) is 4.79 Å². The molecule has 3 nitrogen and oxygen atoms in total. The summed E-state index contributed by atoms with van der Waals surface area (Å²) >= 11 is 0. The first-order chi connectivity index (χ1) is 8.75. The zero-order chi connectivity index (χ0) is 12.8. The molecule has 0 bridgehead atoms. The number of allylic oxidation sites excluding steroid dienone is 1. The summed E-state index contributed by atoms with van der Waals surface area (Å²) in [6, 6.07) is 0.826. The average molecular weight is 250 g/mol. The van der Waals surface area contributed by atoms with Gasteiger partial charge < -0.3 is 10.6 Å². The Morgan fingerprint density at radius 1 is 1.11 bits per heavy atom. The summed E-state index contributed by atoms with van der Waals surface area (Å²) in [7, 11) is 0. The van der Waals surface area contributed by atoms with Crippen LogP contribution in [0.2, 0.25) is 0 Å². The Morgan fingerprint density at radius 2 is 1.89 bits per heavy atom. The summed E-state index contributed by atoms with van der Waals surface area (Å²) in [4.78, 5) is 12.1. The Morgan fingerprint density at radius 3 is 2.56 bits per heavy atom. The van der Waals surface area contributed by atoms with Gasteiger partial charge in [-0.3, -0.25) is 4.79 Å². The van der Waals surface area contributed by atoms with Crippen LogP contribution < -0.4 is 10.6 Å². The largest absolute Gasteiger partial charge is 0.352 e. The van der Waals surface area contributed by atoms with E-state index in [-0.39, 0.29) is 11.9 Å². The number of carbonyl (C=O) groups is 1. The van der Waals surface area contributed by atoms with Gasteiger partial charge >= 0.3 is 0 Å². The predicted molar refractivity (Wildman–Crippen MR) is 74.4 cm³/mol. The molecule has 0 radical (unpaired) electrons. The van der Waals surface area contributed by atoms with E-state index in [4.69, 9.17) is 0 Å². The molecule has 0 spiro atoms. The fourth-order valence-corrected chi connectivity index (χ4v) is 2.95. The van der Waals surface area contributed by atoms with Gasteiger partial charge in [0.2, 0.25) is 5.91 Å². The van der Waals surface area contributed by atoms with E-state index in [1.165, 1.54) is 19.3 Å². The normalized spacial score (nSPS) is 26.8. The van der Waals surface area contributed by atoms with Crippen LogP contribution in [0.25, 0.3) is 0 Å². The van der Waals surface area contributed by atoms with Gasteiger partial charge in [-0.2, -0.15) is 0 Å². The van der Waals surface area contributed by atoms with Crippen molar-refractivity contribution < 1.29 is 4.79 Å². The average Bonchev–Trinajstić information content (AvgIpc) is 2.41. The van der Waals surface area contributed by atoms with E-state index in [2.05, 4.69) is 22.8 Å². The zero-order valence-corrected chi connectivity index (χ0v) is 11.5. The molecule has 2 rings (SSSR count). The maximum atomic E-state index is 12.1. The van der Waals surface area contributed by atoms with Crippen molar-refractivity contribution in [2.75, 3.05) is 0 Å². The Balaban J connectivity index is 1.71. The first-order valence-electron chi connectivity index (χ1n) is 7.47. The van der Waals surface area contributed by atoms with Crippen molar-refractivity contribution in [2.45, 2.75) is 76.4 Å². The van der Waals surface area contributed by atoms with Crippen LogP contribution in [0.4, 0.5) is 0 Å². The van der Waals surface area contributed by atoms with Gasteiger partial charge in [0.25, 0.3) is 0 Å². The standard InChI is InChI=1S/C15H26N2O/c1-12(16-13-8-4-2-5-9-13)15(18)17-14-10-6-3-7-11-14/h2,4,12-14,16H,3,5-11H2,1H3,(H,17,18). The highest BCUT2D eigenvalue weighted by molar-refractivity contribution is 5.81. The van der Waals surface area contributed by atoms with Gasteiger partial charge in [-0.05, 0) is 39.0 Å². The number of nitrogens with one attached hydrogen (secondary N) is 2. The number of carbonyl (C=O) groups excluding carboxylic acids is 1. The summed E-state index contributed by atoms with van der Waals surface area (Å²) in [5, 5.41) is 6.63. The van der Waals surface area contributed by atoms with E-state index in [1.807, 2.05) is 6.92 Å². The molecule has 102 valence electrons. The van der Waals surface area contributed by atoms with Crippen LogP contribution in [0.3, 0.4) is 0 Å². The van der Waals surface area contributed by atoms with Crippen LogP contribution in [0, 0.1) is 0 Å². The molecule has 2 N–H and O–H groups in total. The molecular weight excluding hydrogens is 224 g/mol. The highest BCUT2D eigenvalue weighted by atomic mass is 16.2. The molecular formula is C15H26N2O. The lowest BCUT2D eigenvalue weighted by Gasteiger charge is -2.27. The molecule has 3 heteroatoms. The first kappa shape index (κ1) is 13.6. The van der Waals surface area contributed by atoms with Gasteiger partial charge in [0, 0.05) is 12.1 Å². The molecule has 0 aromatic carbocycles. The van der Waals surface area contributed by atoms with Crippen LogP contribution in [-0.4, -0.2) is 24.0 Å². The molecule has 0 aliphatic heterocycles. The number of hydrogen-bond donors (Lipinski definition) is 2. The van der Waals surface area contributed by atoms with Gasteiger partial charge in [0.05, 0.1) is 6.04 Å². The fourth-order valence-electron chi connectivity index (χ4n) is 2.95. The minimum absolute atomic E-state index is 0.0663. The van der Waals surface area contributed by atoms with E-state index in [0.29, 0.717) is 12.1 Å². The number of hydrogen-bond acceptors (Lipinski definition) is 2. The predicted octanol–water partition coefficient (Wildman–Crippen LogP) is 2.52. The summed E-state index contributed by atoms with van der Waals surface area (Å²) in [6.07, 6.45) is 14.0. The van der Waals surface area contributed by atoms with Gasteiger partial charge in [0.15, 0.2) is 0 Å². The van der Waals surface area contributed by atoms with Crippen molar-refractivity contribution in [1.29, 1.82) is 0 Å². The van der Waals surface area contributed by atoms with Crippen molar-refractivity contribution in [3.63, 3.8) is 0 Å². The van der Waals surface area contributed by atoms with Crippen LogP contribution >= 0.6 is 0 Å². The Hall–Kier alpha value is -0.830. The maximum absolute atomic E-state index is 12.1. The van der Waals surface area contributed by atoms with Gasteiger partial charge in [0.1, 0.15) is 0 Å². The minimum Gasteiger partial charge on any atom is -0.352 e. The van der Waals surface area contributed by atoms with Gasteiger partial charge in [-0.15, -0.1) is 0 Å².